The molecule has 0 amide bonds. The minimum Gasteiger partial charge on any atom is -0.387 e. The van der Waals surface area contributed by atoms with E-state index in [1.54, 1.807) is 12.1 Å². The van der Waals surface area contributed by atoms with Gasteiger partial charge in [-0.3, -0.25) is 0 Å². The van der Waals surface area contributed by atoms with Crippen LogP contribution in [-0.2, 0) is 0 Å². The Bertz CT molecular complexity index is 557. The van der Waals surface area contributed by atoms with E-state index in [4.69, 9.17) is 0 Å². The van der Waals surface area contributed by atoms with E-state index in [9.17, 15) is 9.50 Å². The average molecular weight is 324 g/mol. The van der Waals surface area contributed by atoms with E-state index < -0.39 is 6.10 Å². The van der Waals surface area contributed by atoms with E-state index in [0.29, 0.717) is 12.1 Å². The molecule has 1 atom stereocenters. The number of halogens is 2. The van der Waals surface area contributed by atoms with Crippen molar-refractivity contribution in [2.24, 2.45) is 0 Å². The third-order valence-electron chi connectivity index (χ3n) is 2.86. The maximum absolute atomic E-state index is 12.8. The first kappa shape index (κ1) is 14.0. The summed E-state index contributed by atoms with van der Waals surface area (Å²) in [6, 6.07) is 11.8. The van der Waals surface area contributed by atoms with Crippen molar-refractivity contribution < 1.29 is 9.50 Å². The zero-order valence-corrected chi connectivity index (χ0v) is 12.1. The van der Waals surface area contributed by atoms with Gasteiger partial charge in [0.15, 0.2) is 0 Å². The first-order valence-corrected chi connectivity index (χ1v) is 6.79. The number of hydrogen-bond donors (Lipinski definition) is 2. The Morgan fingerprint density at radius 2 is 1.89 bits per heavy atom. The zero-order chi connectivity index (χ0) is 13.8. The van der Waals surface area contributed by atoms with E-state index >= 15 is 0 Å². The first-order chi connectivity index (χ1) is 9.06. The quantitative estimate of drug-likeness (QED) is 0.889. The maximum Gasteiger partial charge on any atom is 0.123 e. The molecule has 0 aliphatic heterocycles. The van der Waals surface area contributed by atoms with Gasteiger partial charge in [-0.25, -0.2) is 4.39 Å². The van der Waals surface area contributed by atoms with Gasteiger partial charge in [-0.05, 0) is 58.2 Å². The van der Waals surface area contributed by atoms with E-state index in [-0.39, 0.29) is 5.82 Å². The van der Waals surface area contributed by atoms with Gasteiger partial charge in [0, 0.05) is 16.7 Å². The fourth-order valence-corrected chi connectivity index (χ4v) is 2.17. The summed E-state index contributed by atoms with van der Waals surface area (Å²) >= 11 is 3.45. The van der Waals surface area contributed by atoms with Crippen LogP contribution in [0, 0.1) is 12.7 Å². The minimum atomic E-state index is -0.673. The van der Waals surface area contributed by atoms with Crippen LogP contribution in [0.15, 0.2) is 46.9 Å². The molecule has 4 heteroatoms. The van der Waals surface area contributed by atoms with Crippen LogP contribution < -0.4 is 5.32 Å². The van der Waals surface area contributed by atoms with Gasteiger partial charge in [0.25, 0.3) is 0 Å². The molecule has 2 N–H and O–H groups in total. The molecule has 1 unspecified atom stereocenters. The van der Waals surface area contributed by atoms with Crippen molar-refractivity contribution in [2.45, 2.75) is 13.0 Å². The fraction of sp³-hybridized carbons (Fsp3) is 0.200. The van der Waals surface area contributed by atoms with Gasteiger partial charge in [-0.2, -0.15) is 0 Å². The second kappa shape index (κ2) is 6.17. The summed E-state index contributed by atoms with van der Waals surface area (Å²) in [7, 11) is 0. The Morgan fingerprint density at radius 1 is 1.21 bits per heavy atom. The number of hydrogen-bond acceptors (Lipinski definition) is 2. The number of aliphatic hydroxyl groups is 1. The fourth-order valence-electron chi connectivity index (χ4n) is 1.78. The van der Waals surface area contributed by atoms with Gasteiger partial charge in [-0.15, -0.1) is 0 Å². The molecule has 0 aliphatic carbocycles. The molecular weight excluding hydrogens is 309 g/mol. The van der Waals surface area contributed by atoms with Gasteiger partial charge >= 0.3 is 0 Å². The molecule has 0 radical (unpaired) electrons. The highest BCUT2D eigenvalue weighted by Gasteiger charge is 2.08. The number of nitrogens with one attached hydrogen (secondary N) is 1. The summed E-state index contributed by atoms with van der Waals surface area (Å²) in [6.45, 7) is 2.38. The van der Waals surface area contributed by atoms with E-state index in [2.05, 4.69) is 21.2 Å². The average Bonchev–Trinajstić information content (AvgIpc) is 2.40. The summed E-state index contributed by atoms with van der Waals surface area (Å²) in [6.07, 6.45) is -0.673. The van der Waals surface area contributed by atoms with Crippen LogP contribution in [0.1, 0.15) is 17.2 Å². The molecule has 100 valence electrons. The number of benzene rings is 2. The lowest BCUT2D eigenvalue weighted by Gasteiger charge is -2.14. The molecule has 2 aromatic rings. The third-order valence-corrected chi connectivity index (χ3v) is 3.55. The topological polar surface area (TPSA) is 32.3 Å². The number of rotatable bonds is 4. The molecule has 19 heavy (non-hydrogen) atoms. The monoisotopic (exact) mass is 323 g/mol. The highest BCUT2D eigenvalue weighted by Crippen LogP contribution is 2.24. The second-order valence-electron chi connectivity index (χ2n) is 4.43. The molecule has 0 saturated heterocycles. The van der Waals surface area contributed by atoms with Crippen molar-refractivity contribution in [2.75, 3.05) is 11.9 Å². The molecule has 0 spiro atoms. The molecule has 2 rings (SSSR count). The number of aliphatic hydroxyl groups excluding tert-OH is 1. The Morgan fingerprint density at radius 3 is 2.58 bits per heavy atom. The molecular formula is C15H15BrFNO. The highest BCUT2D eigenvalue weighted by molar-refractivity contribution is 9.10. The van der Waals surface area contributed by atoms with Gasteiger partial charge in [0.05, 0.1) is 6.10 Å². The molecule has 2 aromatic carbocycles. The van der Waals surface area contributed by atoms with Crippen molar-refractivity contribution in [1.82, 2.24) is 0 Å². The molecule has 2 nitrogen and oxygen atoms in total. The Kier molecular flexibility index (Phi) is 4.56. The molecule has 0 saturated carbocycles. The van der Waals surface area contributed by atoms with Crippen LogP contribution >= 0.6 is 15.9 Å². The summed E-state index contributed by atoms with van der Waals surface area (Å²) in [5, 5.41) is 13.2. The van der Waals surface area contributed by atoms with Crippen molar-refractivity contribution >= 4 is 21.6 Å². The lowest BCUT2D eigenvalue weighted by atomic mass is 10.1. The van der Waals surface area contributed by atoms with E-state index in [1.165, 1.54) is 12.1 Å². The Balaban J connectivity index is 2.02. The van der Waals surface area contributed by atoms with Crippen LogP contribution in [-0.4, -0.2) is 11.7 Å². The van der Waals surface area contributed by atoms with Crippen LogP contribution in [0.5, 0.6) is 0 Å². The SMILES string of the molecule is Cc1ccc(Br)c(NCC(O)c2ccc(F)cc2)c1. The summed E-state index contributed by atoms with van der Waals surface area (Å²) in [5.41, 5.74) is 2.76. The summed E-state index contributed by atoms with van der Waals surface area (Å²) in [4.78, 5) is 0. The third kappa shape index (κ3) is 3.78. The zero-order valence-electron chi connectivity index (χ0n) is 10.5. The highest BCUT2D eigenvalue weighted by atomic mass is 79.9. The van der Waals surface area contributed by atoms with Crippen molar-refractivity contribution in [3.8, 4) is 0 Å². The summed E-state index contributed by atoms with van der Waals surface area (Å²) in [5.74, 6) is -0.301. The van der Waals surface area contributed by atoms with E-state index in [0.717, 1.165) is 15.7 Å². The normalized spacial score (nSPS) is 12.2. The van der Waals surface area contributed by atoms with Crippen molar-refractivity contribution in [1.29, 1.82) is 0 Å². The first-order valence-electron chi connectivity index (χ1n) is 6.00. The molecule has 0 bridgehead atoms. The molecule has 0 aromatic heterocycles. The van der Waals surface area contributed by atoms with Crippen LogP contribution in [0.2, 0.25) is 0 Å². The van der Waals surface area contributed by atoms with Gasteiger partial charge < -0.3 is 10.4 Å². The van der Waals surface area contributed by atoms with Gasteiger partial charge in [0.2, 0.25) is 0 Å². The van der Waals surface area contributed by atoms with Crippen LogP contribution in [0.25, 0.3) is 0 Å². The van der Waals surface area contributed by atoms with Crippen molar-refractivity contribution in [3.05, 3.63) is 63.9 Å². The maximum atomic E-state index is 12.8. The van der Waals surface area contributed by atoms with Gasteiger partial charge in [-0.1, -0.05) is 18.2 Å². The predicted molar refractivity (Wildman–Crippen MR) is 78.7 cm³/mol. The second-order valence-corrected chi connectivity index (χ2v) is 5.29. The van der Waals surface area contributed by atoms with Gasteiger partial charge in [0.1, 0.15) is 5.82 Å². The lowest BCUT2D eigenvalue weighted by molar-refractivity contribution is 0.191. The molecule has 0 heterocycles. The molecule has 0 fully saturated rings. The smallest absolute Gasteiger partial charge is 0.123 e. The van der Waals surface area contributed by atoms with Crippen molar-refractivity contribution in [3.63, 3.8) is 0 Å². The van der Waals surface area contributed by atoms with Crippen LogP contribution in [0.3, 0.4) is 0 Å². The Labute approximate surface area is 120 Å². The largest absolute Gasteiger partial charge is 0.387 e. The van der Waals surface area contributed by atoms with Crippen LogP contribution in [0.4, 0.5) is 10.1 Å². The summed E-state index contributed by atoms with van der Waals surface area (Å²) < 4.78 is 13.7. The van der Waals surface area contributed by atoms with E-state index in [1.807, 2.05) is 25.1 Å². The predicted octanol–water partition coefficient (Wildman–Crippen LogP) is 4.04. The standard InChI is InChI=1S/C15H15BrFNO/c1-10-2-7-13(16)14(8-10)18-9-15(19)11-3-5-12(17)6-4-11/h2-8,15,18-19H,9H2,1H3. The minimum absolute atomic E-state index is 0.301. The molecule has 0 aliphatic rings. The lowest BCUT2D eigenvalue weighted by Crippen LogP contribution is -2.12. The number of aryl methyl sites for hydroxylation is 1. The Hall–Kier alpha value is -1.39. The number of anilines is 1.